The summed E-state index contributed by atoms with van der Waals surface area (Å²) in [5, 5.41) is 3.56. The number of anilines is 1. The van der Waals surface area contributed by atoms with Crippen molar-refractivity contribution in [1.29, 1.82) is 0 Å². The molecule has 0 unspecified atom stereocenters. The van der Waals surface area contributed by atoms with Crippen LogP contribution in [0.1, 0.15) is 26.2 Å². The van der Waals surface area contributed by atoms with Crippen LogP contribution in [0.2, 0.25) is 5.02 Å². The number of hydrogen-bond acceptors (Lipinski definition) is 4. The molecule has 0 radical (unpaired) electrons. The standard InChI is InChI=1S/C18H24ClN3O3/c1-13(22-7-3-2-4-18(22)24)11-20-17(23)12-21-8-9-25-16-6-5-14(19)10-15(16)21/h5-6,10,13H,2-4,7-9,11-12H2,1H3,(H,20,23)/t13-/m1/s1. The number of piperidine rings is 1. The lowest BCUT2D eigenvalue weighted by atomic mass is 10.1. The molecule has 7 heteroatoms. The number of carbonyl (C=O) groups is 2. The Morgan fingerprint density at radius 2 is 2.20 bits per heavy atom. The quantitative estimate of drug-likeness (QED) is 0.867. The molecule has 2 aliphatic rings. The number of halogens is 1. The fourth-order valence-electron chi connectivity index (χ4n) is 3.30. The molecule has 0 spiro atoms. The Kier molecular flexibility index (Phi) is 5.68. The molecule has 0 aliphatic carbocycles. The molecular formula is C18H24ClN3O3. The van der Waals surface area contributed by atoms with Crippen molar-refractivity contribution in [2.75, 3.05) is 37.7 Å². The van der Waals surface area contributed by atoms with E-state index in [1.165, 1.54) is 0 Å². The molecule has 0 saturated carbocycles. The van der Waals surface area contributed by atoms with Crippen molar-refractivity contribution in [3.05, 3.63) is 23.2 Å². The zero-order chi connectivity index (χ0) is 17.8. The maximum Gasteiger partial charge on any atom is 0.239 e. The summed E-state index contributed by atoms with van der Waals surface area (Å²) in [7, 11) is 0. The van der Waals surface area contributed by atoms with E-state index >= 15 is 0 Å². The third kappa shape index (κ3) is 4.37. The molecule has 1 aromatic rings. The first-order chi connectivity index (χ1) is 12.0. The highest BCUT2D eigenvalue weighted by molar-refractivity contribution is 6.31. The van der Waals surface area contributed by atoms with Crippen molar-refractivity contribution in [3.8, 4) is 5.75 Å². The number of fused-ring (bicyclic) bond motifs is 1. The van der Waals surface area contributed by atoms with Crippen LogP contribution < -0.4 is 15.0 Å². The Balaban J connectivity index is 1.53. The van der Waals surface area contributed by atoms with Gasteiger partial charge in [-0.2, -0.15) is 0 Å². The largest absolute Gasteiger partial charge is 0.490 e. The molecule has 136 valence electrons. The van der Waals surface area contributed by atoms with Crippen molar-refractivity contribution in [2.24, 2.45) is 0 Å². The first kappa shape index (κ1) is 17.9. The summed E-state index contributed by atoms with van der Waals surface area (Å²) in [5.74, 6) is 0.865. The molecule has 1 fully saturated rings. The molecule has 3 rings (SSSR count). The zero-order valence-corrected chi connectivity index (χ0v) is 15.2. The average molecular weight is 366 g/mol. The van der Waals surface area contributed by atoms with Gasteiger partial charge in [-0.3, -0.25) is 9.59 Å². The number of ether oxygens (including phenoxy) is 1. The van der Waals surface area contributed by atoms with Gasteiger partial charge in [0.2, 0.25) is 11.8 Å². The Bertz CT molecular complexity index is 652. The number of benzene rings is 1. The minimum atomic E-state index is -0.0656. The van der Waals surface area contributed by atoms with Crippen LogP contribution >= 0.6 is 11.6 Å². The Morgan fingerprint density at radius 3 is 3.00 bits per heavy atom. The fraction of sp³-hybridized carbons (Fsp3) is 0.556. The van der Waals surface area contributed by atoms with E-state index in [-0.39, 0.29) is 24.4 Å². The number of rotatable bonds is 5. The second-order valence-electron chi connectivity index (χ2n) is 6.58. The monoisotopic (exact) mass is 365 g/mol. The number of nitrogens with one attached hydrogen (secondary N) is 1. The smallest absolute Gasteiger partial charge is 0.239 e. The third-order valence-electron chi connectivity index (χ3n) is 4.70. The van der Waals surface area contributed by atoms with E-state index in [2.05, 4.69) is 5.32 Å². The summed E-state index contributed by atoms with van der Waals surface area (Å²) in [6.45, 7) is 4.66. The normalized spacial score (nSPS) is 18.4. The second kappa shape index (κ2) is 7.95. The van der Waals surface area contributed by atoms with Crippen LogP contribution in [0.3, 0.4) is 0 Å². The van der Waals surface area contributed by atoms with Crippen LogP contribution in [-0.4, -0.2) is 55.5 Å². The number of hydrogen-bond donors (Lipinski definition) is 1. The van der Waals surface area contributed by atoms with Gasteiger partial charge >= 0.3 is 0 Å². The Hall–Kier alpha value is -1.95. The summed E-state index contributed by atoms with van der Waals surface area (Å²) in [6.07, 6.45) is 2.62. The van der Waals surface area contributed by atoms with Crippen LogP contribution in [0, 0.1) is 0 Å². The first-order valence-electron chi connectivity index (χ1n) is 8.78. The van der Waals surface area contributed by atoms with Crippen LogP contribution in [-0.2, 0) is 9.59 Å². The fourth-order valence-corrected chi connectivity index (χ4v) is 3.47. The SMILES string of the molecule is C[C@H](CNC(=O)CN1CCOc2ccc(Cl)cc21)N1CCCCC1=O. The van der Waals surface area contributed by atoms with E-state index < -0.39 is 0 Å². The molecule has 0 aromatic heterocycles. The van der Waals surface area contributed by atoms with Crippen molar-refractivity contribution >= 4 is 29.1 Å². The van der Waals surface area contributed by atoms with Crippen LogP contribution in [0.25, 0.3) is 0 Å². The summed E-state index contributed by atoms with van der Waals surface area (Å²) in [4.78, 5) is 28.1. The van der Waals surface area contributed by atoms with Gasteiger partial charge in [0.1, 0.15) is 12.4 Å². The van der Waals surface area contributed by atoms with Gasteiger partial charge in [0.05, 0.1) is 18.8 Å². The minimum Gasteiger partial charge on any atom is -0.490 e. The zero-order valence-electron chi connectivity index (χ0n) is 14.5. The van der Waals surface area contributed by atoms with Gasteiger partial charge in [0, 0.05) is 30.6 Å². The van der Waals surface area contributed by atoms with Gasteiger partial charge < -0.3 is 19.9 Å². The van der Waals surface area contributed by atoms with E-state index in [1.807, 2.05) is 28.9 Å². The molecule has 1 N–H and O–H groups in total. The van der Waals surface area contributed by atoms with Crippen LogP contribution in [0.4, 0.5) is 5.69 Å². The van der Waals surface area contributed by atoms with Gasteiger partial charge in [-0.05, 0) is 38.0 Å². The predicted octanol–water partition coefficient (Wildman–Crippen LogP) is 2.06. The molecule has 0 bridgehead atoms. The van der Waals surface area contributed by atoms with Crippen molar-refractivity contribution in [3.63, 3.8) is 0 Å². The van der Waals surface area contributed by atoms with E-state index in [1.54, 1.807) is 6.07 Å². The molecule has 2 heterocycles. The number of nitrogens with zero attached hydrogens (tertiary/aromatic N) is 2. The highest BCUT2D eigenvalue weighted by Crippen LogP contribution is 2.33. The van der Waals surface area contributed by atoms with Gasteiger partial charge in [0.25, 0.3) is 0 Å². The second-order valence-corrected chi connectivity index (χ2v) is 7.02. The van der Waals surface area contributed by atoms with Crippen molar-refractivity contribution in [2.45, 2.75) is 32.2 Å². The van der Waals surface area contributed by atoms with Gasteiger partial charge in [-0.25, -0.2) is 0 Å². The van der Waals surface area contributed by atoms with E-state index in [9.17, 15) is 9.59 Å². The summed E-state index contributed by atoms with van der Waals surface area (Å²) < 4.78 is 5.60. The molecular weight excluding hydrogens is 342 g/mol. The molecule has 6 nitrogen and oxygen atoms in total. The number of amides is 2. The van der Waals surface area contributed by atoms with E-state index in [0.717, 1.165) is 30.8 Å². The van der Waals surface area contributed by atoms with Gasteiger partial charge in [0.15, 0.2) is 0 Å². The Labute approximate surface area is 153 Å². The summed E-state index contributed by atoms with van der Waals surface area (Å²) in [6, 6.07) is 5.44. The van der Waals surface area contributed by atoms with Crippen LogP contribution in [0.15, 0.2) is 18.2 Å². The summed E-state index contributed by atoms with van der Waals surface area (Å²) >= 11 is 6.06. The lowest BCUT2D eigenvalue weighted by Crippen LogP contribution is -2.49. The lowest BCUT2D eigenvalue weighted by molar-refractivity contribution is -0.135. The summed E-state index contributed by atoms with van der Waals surface area (Å²) in [5.41, 5.74) is 0.841. The highest BCUT2D eigenvalue weighted by atomic mass is 35.5. The molecule has 1 saturated heterocycles. The van der Waals surface area contributed by atoms with Gasteiger partial charge in [-0.1, -0.05) is 11.6 Å². The lowest BCUT2D eigenvalue weighted by Gasteiger charge is -2.33. The average Bonchev–Trinajstić information content (AvgIpc) is 2.60. The van der Waals surface area contributed by atoms with Gasteiger partial charge in [-0.15, -0.1) is 0 Å². The molecule has 2 amide bonds. The third-order valence-corrected chi connectivity index (χ3v) is 4.94. The topological polar surface area (TPSA) is 61.9 Å². The predicted molar refractivity (Wildman–Crippen MR) is 97.2 cm³/mol. The van der Waals surface area contributed by atoms with E-state index in [4.69, 9.17) is 16.3 Å². The highest BCUT2D eigenvalue weighted by Gasteiger charge is 2.24. The van der Waals surface area contributed by atoms with Crippen molar-refractivity contribution < 1.29 is 14.3 Å². The Morgan fingerprint density at radius 1 is 1.36 bits per heavy atom. The molecule has 1 atom stereocenters. The number of likely N-dealkylation sites (tertiary alicyclic amines) is 1. The number of carbonyl (C=O) groups excluding carboxylic acids is 2. The van der Waals surface area contributed by atoms with Crippen molar-refractivity contribution in [1.82, 2.24) is 10.2 Å². The maximum atomic E-state index is 12.3. The molecule has 1 aromatic carbocycles. The molecule has 25 heavy (non-hydrogen) atoms. The first-order valence-corrected chi connectivity index (χ1v) is 9.16. The van der Waals surface area contributed by atoms with Crippen LogP contribution in [0.5, 0.6) is 5.75 Å². The molecule has 2 aliphatic heterocycles. The minimum absolute atomic E-state index is 0.0168. The maximum absolute atomic E-state index is 12.3. The van der Waals surface area contributed by atoms with E-state index in [0.29, 0.717) is 31.1 Å².